The third-order valence-electron chi connectivity index (χ3n) is 3.66. The molecule has 3 heteroatoms. The molecule has 0 amide bonds. The molecule has 2 rings (SSSR count). The van der Waals surface area contributed by atoms with Gasteiger partial charge in [0.15, 0.2) is 0 Å². The molecular weight excluding hydrogens is 240 g/mol. The first-order chi connectivity index (χ1) is 8.72. The van der Waals surface area contributed by atoms with Gasteiger partial charge in [-0.15, -0.1) is 11.8 Å². The van der Waals surface area contributed by atoms with Crippen molar-refractivity contribution in [2.45, 2.75) is 18.2 Å². The van der Waals surface area contributed by atoms with E-state index in [1.807, 2.05) is 11.8 Å². The minimum absolute atomic E-state index is 0.478. The second-order valence-electron chi connectivity index (χ2n) is 5.53. The van der Waals surface area contributed by atoms with Gasteiger partial charge in [0.1, 0.15) is 0 Å². The van der Waals surface area contributed by atoms with Crippen molar-refractivity contribution in [3.63, 3.8) is 0 Å². The molecule has 0 aromatic heterocycles. The average Bonchev–Trinajstić information content (AvgIpc) is 2.73. The molecule has 1 N–H and O–H groups in total. The van der Waals surface area contributed by atoms with E-state index in [0.29, 0.717) is 5.41 Å². The van der Waals surface area contributed by atoms with Crippen LogP contribution < -0.4 is 5.32 Å². The summed E-state index contributed by atoms with van der Waals surface area (Å²) in [6.45, 7) is 7.23. The molecule has 1 aliphatic rings. The van der Waals surface area contributed by atoms with E-state index in [1.165, 1.54) is 36.7 Å². The largest absolute Gasteiger partial charge is 0.319 e. The maximum atomic E-state index is 3.32. The molecule has 1 aromatic carbocycles. The van der Waals surface area contributed by atoms with E-state index in [2.05, 4.69) is 54.5 Å². The van der Waals surface area contributed by atoms with Crippen molar-refractivity contribution in [2.24, 2.45) is 5.41 Å². The molecule has 18 heavy (non-hydrogen) atoms. The van der Waals surface area contributed by atoms with E-state index in [1.54, 1.807) is 0 Å². The van der Waals surface area contributed by atoms with E-state index >= 15 is 0 Å². The van der Waals surface area contributed by atoms with Gasteiger partial charge in [-0.1, -0.05) is 25.1 Å². The van der Waals surface area contributed by atoms with Gasteiger partial charge in [0, 0.05) is 30.3 Å². The highest BCUT2D eigenvalue weighted by molar-refractivity contribution is 7.99. The van der Waals surface area contributed by atoms with Gasteiger partial charge in [-0.2, -0.15) is 0 Å². The summed E-state index contributed by atoms with van der Waals surface area (Å²) in [7, 11) is 2.05. The predicted octanol–water partition coefficient (Wildman–Crippen LogP) is 2.71. The maximum absolute atomic E-state index is 3.32. The first kappa shape index (κ1) is 13.9. The van der Waals surface area contributed by atoms with Crippen LogP contribution in [0.15, 0.2) is 35.2 Å². The highest BCUT2D eigenvalue weighted by Gasteiger charge is 2.32. The third kappa shape index (κ3) is 4.01. The molecule has 1 heterocycles. The average molecular weight is 264 g/mol. The zero-order chi connectivity index (χ0) is 12.8. The fraction of sp³-hybridized carbons (Fsp3) is 0.600. The second-order valence-corrected chi connectivity index (χ2v) is 6.70. The summed E-state index contributed by atoms with van der Waals surface area (Å²) in [6.07, 6.45) is 1.32. The molecule has 1 saturated heterocycles. The Morgan fingerprint density at radius 1 is 1.33 bits per heavy atom. The fourth-order valence-electron chi connectivity index (χ4n) is 2.70. The van der Waals surface area contributed by atoms with Crippen LogP contribution >= 0.6 is 11.8 Å². The van der Waals surface area contributed by atoms with E-state index < -0.39 is 0 Å². The van der Waals surface area contributed by atoms with Crippen LogP contribution in [0.2, 0.25) is 0 Å². The highest BCUT2D eigenvalue weighted by Crippen LogP contribution is 2.29. The summed E-state index contributed by atoms with van der Waals surface area (Å²) in [6, 6.07) is 10.7. The predicted molar refractivity (Wildman–Crippen MR) is 80.3 cm³/mol. The van der Waals surface area contributed by atoms with Crippen molar-refractivity contribution >= 4 is 11.8 Å². The van der Waals surface area contributed by atoms with Gasteiger partial charge < -0.3 is 10.2 Å². The lowest BCUT2D eigenvalue weighted by Crippen LogP contribution is -2.33. The van der Waals surface area contributed by atoms with Gasteiger partial charge in [-0.25, -0.2) is 0 Å². The number of rotatable bonds is 6. The van der Waals surface area contributed by atoms with Crippen molar-refractivity contribution in [1.29, 1.82) is 0 Å². The Labute approximate surface area is 115 Å². The lowest BCUT2D eigenvalue weighted by molar-refractivity contribution is 0.281. The first-order valence-corrected chi connectivity index (χ1v) is 7.75. The van der Waals surface area contributed by atoms with Crippen molar-refractivity contribution in [3.05, 3.63) is 30.3 Å². The van der Waals surface area contributed by atoms with Gasteiger partial charge in [0.25, 0.3) is 0 Å². The smallest absolute Gasteiger partial charge is 0.0108 e. The van der Waals surface area contributed by atoms with Gasteiger partial charge in [0.05, 0.1) is 0 Å². The number of nitrogens with zero attached hydrogens (tertiary/aromatic N) is 1. The molecule has 1 aliphatic heterocycles. The second kappa shape index (κ2) is 6.60. The van der Waals surface area contributed by atoms with Gasteiger partial charge in [-0.05, 0) is 37.6 Å². The standard InChI is InChI=1S/C15H24N2S/c1-15(12-16-2)8-9-17(13-15)10-11-18-14-6-4-3-5-7-14/h3-7,16H,8-13H2,1-2H3. The Hall–Kier alpha value is -0.510. The molecule has 1 fully saturated rings. The quantitative estimate of drug-likeness (QED) is 0.795. The molecule has 100 valence electrons. The Balaban J connectivity index is 1.69. The number of likely N-dealkylation sites (tertiary alicyclic amines) is 1. The molecular formula is C15H24N2S. The van der Waals surface area contributed by atoms with Crippen LogP contribution in [0.4, 0.5) is 0 Å². The molecule has 1 aromatic rings. The Morgan fingerprint density at radius 2 is 2.11 bits per heavy atom. The zero-order valence-corrected chi connectivity index (χ0v) is 12.3. The number of thioether (sulfide) groups is 1. The summed E-state index contributed by atoms with van der Waals surface area (Å²) in [5.74, 6) is 1.19. The zero-order valence-electron chi connectivity index (χ0n) is 11.5. The van der Waals surface area contributed by atoms with Crippen LogP contribution in [0.5, 0.6) is 0 Å². The summed E-state index contributed by atoms with van der Waals surface area (Å²) < 4.78 is 0. The van der Waals surface area contributed by atoms with E-state index in [9.17, 15) is 0 Å². The first-order valence-electron chi connectivity index (χ1n) is 6.77. The normalized spacial score (nSPS) is 24.6. The lowest BCUT2D eigenvalue weighted by Gasteiger charge is -2.24. The molecule has 0 spiro atoms. The van der Waals surface area contributed by atoms with Crippen molar-refractivity contribution < 1.29 is 0 Å². The van der Waals surface area contributed by atoms with Crippen molar-refractivity contribution in [1.82, 2.24) is 10.2 Å². The van der Waals surface area contributed by atoms with Crippen LogP contribution in [-0.2, 0) is 0 Å². The molecule has 1 atom stereocenters. The fourth-order valence-corrected chi connectivity index (χ4v) is 3.63. The van der Waals surface area contributed by atoms with Gasteiger partial charge >= 0.3 is 0 Å². The molecule has 0 aliphatic carbocycles. The van der Waals surface area contributed by atoms with E-state index in [-0.39, 0.29) is 0 Å². The van der Waals surface area contributed by atoms with Crippen LogP contribution in [0.25, 0.3) is 0 Å². The lowest BCUT2D eigenvalue weighted by atomic mass is 9.90. The molecule has 0 saturated carbocycles. The van der Waals surface area contributed by atoms with Crippen molar-refractivity contribution in [3.8, 4) is 0 Å². The molecule has 0 bridgehead atoms. The van der Waals surface area contributed by atoms with Crippen LogP contribution in [-0.4, -0.2) is 43.9 Å². The number of hydrogen-bond acceptors (Lipinski definition) is 3. The molecule has 0 radical (unpaired) electrons. The Morgan fingerprint density at radius 3 is 2.83 bits per heavy atom. The minimum Gasteiger partial charge on any atom is -0.319 e. The topological polar surface area (TPSA) is 15.3 Å². The van der Waals surface area contributed by atoms with Crippen LogP contribution in [0.1, 0.15) is 13.3 Å². The minimum atomic E-state index is 0.478. The van der Waals surface area contributed by atoms with Crippen LogP contribution in [0, 0.1) is 5.41 Å². The van der Waals surface area contributed by atoms with Gasteiger partial charge in [0.2, 0.25) is 0 Å². The van der Waals surface area contributed by atoms with E-state index in [4.69, 9.17) is 0 Å². The Bertz CT molecular complexity index is 355. The summed E-state index contributed by atoms with van der Waals surface area (Å²) in [5.41, 5.74) is 0.478. The van der Waals surface area contributed by atoms with Crippen LogP contribution in [0.3, 0.4) is 0 Å². The third-order valence-corrected chi connectivity index (χ3v) is 4.65. The number of benzene rings is 1. The monoisotopic (exact) mass is 264 g/mol. The summed E-state index contributed by atoms with van der Waals surface area (Å²) >= 11 is 1.96. The van der Waals surface area contributed by atoms with Gasteiger partial charge in [-0.3, -0.25) is 0 Å². The summed E-state index contributed by atoms with van der Waals surface area (Å²) in [4.78, 5) is 3.99. The molecule has 2 nitrogen and oxygen atoms in total. The maximum Gasteiger partial charge on any atom is 0.0108 e. The number of hydrogen-bond donors (Lipinski definition) is 1. The van der Waals surface area contributed by atoms with Crippen molar-refractivity contribution in [2.75, 3.05) is 39.0 Å². The highest BCUT2D eigenvalue weighted by atomic mass is 32.2. The summed E-state index contributed by atoms with van der Waals surface area (Å²) in [5, 5.41) is 3.32. The Kier molecular flexibility index (Phi) is 5.10. The SMILES string of the molecule is CNCC1(C)CCN(CCSc2ccccc2)C1. The van der Waals surface area contributed by atoms with E-state index in [0.717, 1.165) is 6.54 Å². The number of nitrogens with one attached hydrogen (secondary N) is 1. The molecule has 1 unspecified atom stereocenters.